The molecule has 0 saturated carbocycles. The van der Waals surface area contributed by atoms with Crippen molar-refractivity contribution in [3.05, 3.63) is 86.8 Å². The number of aromatic nitrogens is 4. The highest BCUT2D eigenvalue weighted by Crippen LogP contribution is 2.27. The molecule has 1 aliphatic rings. The highest BCUT2D eigenvalue weighted by molar-refractivity contribution is 7.09. The van der Waals surface area contributed by atoms with Crippen LogP contribution >= 0.6 is 11.3 Å². The molecule has 0 aliphatic carbocycles. The van der Waals surface area contributed by atoms with E-state index in [0.717, 1.165) is 17.0 Å². The summed E-state index contributed by atoms with van der Waals surface area (Å²) < 4.78 is 7.66. The summed E-state index contributed by atoms with van der Waals surface area (Å²) in [6, 6.07) is 10.4. The number of fused-ring (bicyclic) bond motifs is 4. The maximum atomic E-state index is 13.5. The van der Waals surface area contributed by atoms with E-state index in [2.05, 4.69) is 31.0 Å². The molecular formula is C34H42N8O5S. The van der Waals surface area contributed by atoms with Crippen LogP contribution in [0.5, 0.6) is 0 Å². The van der Waals surface area contributed by atoms with Crippen LogP contribution in [0.25, 0.3) is 0 Å². The number of amides is 4. The number of nitrogens with zero attached hydrogens (tertiary/aromatic N) is 5. The molecule has 5 rings (SSSR count). The Morgan fingerprint density at radius 1 is 1.04 bits per heavy atom. The lowest BCUT2D eigenvalue weighted by atomic mass is 10.0. The standard InChI is InChI=1S/C34H42N8O5S/c1-20(2)29-34-37-26(19-48-34)31(45)35-13-15-41(28(44)18-42-22(4)16-21(3)40-42)14-9-12-27(43)36-25(17-24-10-7-6-8-11-24)33-39-30(23(5)47-33)32(46)38-29/h6-8,10-11,16,19-20,25,29H,9,12-15,17-18H2,1-5H3,(H,35,45)(H,36,43)(H,38,46)/t25-,29-/m0/s1. The van der Waals surface area contributed by atoms with E-state index in [-0.39, 0.29) is 67.0 Å². The highest BCUT2D eigenvalue weighted by atomic mass is 32.1. The van der Waals surface area contributed by atoms with E-state index in [9.17, 15) is 19.2 Å². The lowest BCUT2D eigenvalue weighted by molar-refractivity contribution is -0.132. The molecule has 13 nitrogen and oxygen atoms in total. The Bertz CT molecular complexity index is 1760. The Morgan fingerprint density at radius 2 is 1.81 bits per heavy atom. The molecule has 1 aromatic carbocycles. The monoisotopic (exact) mass is 674 g/mol. The lowest BCUT2D eigenvalue weighted by Gasteiger charge is -2.23. The molecule has 4 aromatic rings. The number of aryl methyl sites for hydroxylation is 3. The van der Waals surface area contributed by atoms with Crippen molar-refractivity contribution < 1.29 is 23.6 Å². The maximum absolute atomic E-state index is 13.5. The number of nitrogens with one attached hydrogen (secondary N) is 3. The number of rotatable bonds is 5. The summed E-state index contributed by atoms with van der Waals surface area (Å²) in [5, 5.41) is 15.6. The molecule has 0 fully saturated rings. The SMILES string of the molecule is Cc1cc(C)n(CC(=O)N2CCCC(=O)N[C@@H](Cc3ccccc3)c3nc(c(C)o3)C(=O)N[C@@H](C(C)C)c3nc(cs3)C(=O)NCC2)n1. The molecule has 0 spiro atoms. The molecule has 4 bridgehead atoms. The topological polar surface area (TPSA) is 164 Å². The van der Waals surface area contributed by atoms with Crippen molar-refractivity contribution >= 4 is 35.0 Å². The number of oxazole rings is 1. The van der Waals surface area contributed by atoms with Gasteiger partial charge in [0.05, 0.1) is 11.7 Å². The van der Waals surface area contributed by atoms with E-state index in [1.165, 1.54) is 11.3 Å². The van der Waals surface area contributed by atoms with Crippen molar-refractivity contribution in [3.8, 4) is 0 Å². The molecule has 48 heavy (non-hydrogen) atoms. The van der Waals surface area contributed by atoms with Crippen molar-refractivity contribution in [1.82, 2.24) is 40.6 Å². The molecule has 254 valence electrons. The van der Waals surface area contributed by atoms with E-state index >= 15 is 0 Å². The average molecular weight is 675 g/mol. The Balaban J connectivity index is 1.43. The Kier molecular flexibility index (Phi) is 11.0. The van der Waals surface area contributed by atoms with Gasteiger partial charge in [0.15, 0.2) is 5.69 Å². The largest absolute Gasteiger partial charge is 0.443 e. The quantitative estimate of drug-likeness (QED) is 0.288. The molecule has 4 amide bonds. The van der Waals surface area contributed by atoms with E-state index in [1.54, 1.807) is 21.9 Å². The fourth-order valence-electron chi connectivity index (χ4n) is 5.60. The second-order valence-corrected chi connectivity index (χ2v) is 13.2. The van der Waals surface area contributed by atoms with E-state index in [1.807, 2.05) is 64.1 Å². The molecule has 3 aromatic heterocycles. The van der Waals surface area contributed by atoms with Gasteiger partial charge >= 0.3 is 0 Å². The van der Waals surface area contributed by atoms with Gasteiger partial charge in [0.2, 0.25) is 17.7 Å². The van der Waals surface area contributed by atoms with Crippen LogP contribution in [0.2, 0.25) is 0 Å². The third kappa shape index (κ3) is 8.54. The van der Waals surface area contributed by atoms with E-state index < -0.39 is 18.0 Å². The molecule has 14 heteroatoms. The molecule has 0 saturated heterocycles. The van der Waals surface area contributed by atoms with Gasteiger partial charge in [-0.1, -0.05) is 44.2 Å². The normalized spacial score (nSPS) is 18.3. The van der Waals surface area contributed by atoms with Crippen LogP contribution < -0.4 is 16.0 Å². The zero-order chi connectivity index (χ0) is 34.4. The number of carbonyl (C=O) groups is 4. The van der Waals surface area contributed by atoms with Gasteiger partial charge in [-0.3, -0.25) is 23.9 Å². The summed E-state index contributed by atoms with van der Waals surface area (Å²) in [7, 11) is 0. The number of thiazole rings is 1. The minimum Gasteiger partial charge on any atom is -0.443 e. The summed E-state index contributed by atoms with van der Waals surface area (Å²) in [5.74, 6) is -0.745. The van der Waals surface area contributed by atoms with Crippen LogP contribution in [-0.2, 0) is 22.6 Å². The van der Waals surface area contributed by atoms with Crippen LogP contribution in [0, 0.1) is 26.7 Å². The van der Waals surface area contributed by atoms with Gasteiger partial charge in [0.1, 0.15) is 29.0 Å². The number of carbonyl (C=O) groups excluding carboxylic acids is 4. The van der Waals surface area contributed by atoms with Gasteiger partial charge in [-0.15, -0.1) is 11.3 Å². The first kappa shape index (κ1) is 34.5. The van der Waals surface area contributed by atoms with Gasteiger partial charge < -0.3 is 25.3 Å². The first-order valence-corrected chi connectivity index (χ1v) is 17.0. The molecule has 4 heterocycles. The van der Waals surface area contributed by atoms with Gasteiger partial charge in [-0.25, -0.2) is 9.97 Å². The molecule has 3 N–H and O–H groups in total. The van der Waals surface area contributed by atoms with Crippen molar-refractivity contribution in [2.24, 2.45) is 5.92 Å². The van der Waals surface area contributed by atoms with Crippen LogP contribution in [0.1, 0.15) is 93.4 Å². The lowest BCUT2D eigenvalue weighted by Crippen LogP contribution is -2.41. The predicted octanol–water partition coefficient (Wildman–Crippen LogP) is 3.83. The third-order valence-corrected chi connectivity index (χ3v) is 9.09. The van der Waals surface area contributed by atoms with Crippen LogP contribution in [0.3, 0.4) is 0 Å². The summed E-state index contributed by atoms with van der Waals surface area (Å²) in [4.78, 5) is 64.1. The zero-order valence-corrected chi connectivity index (χ0v) is 28.7. The molecule has 0 unspecified atom stereocenters. The van der Waals surface area contributed by atoms with Crippen molar-refractivity contribution in [1.29, 1.82) is 0 Å². The average Bonchev–Trinajstić information content (AvgIpc) is 3.77. The van der Waals surface area contributed by atoms with Crippen LogP contribution in [0.15, 0.2) is 46.2 Å². The van der Waals surface area contributed by atoms with E-state index in [0.29, 0.717) is 30.2 Å². The Hall–Kier alpha value is -4.85. The number of hydrogen-bond acceptors (Lipinski definition) is 9. The Labute approximate surface area is 283 Å². The first-order valence-electron chi connectivity index (χ1n) is 16.1. The van der Waals surface area contributed by atoms with Crippen molar-refractivity contribution in [2.45, 2.75) is 72.5 Å². The van der Waals surface area contributed by atoms with Crippen molar-refractivity contribution in [3.63, 3.8) is 0 Å². The molecule has 0 radical (unpaired) electrons. The van der Waals surface area contributed by atoms with Crippen molar-refractivity contribution in [2.75, 3.05) is 19.6 Å². The van der Waals surface area contributed by atoms with Crippen LogP contribution in [-0.4, -0.2) is 67.9 Å². The molecule has 1 aliphatic heterocycles. The second kappa shape index (κ2) is 15.4. The van der Waals surface area contributed by atoms with Crippen LogP contribution in [0.4, 0.5) is 0 Å². The number of hydrogen-bond donors (Lipinski definition) is 3. The predicted molar refractivity (Wildman–Crippen MR) is 179 cm³/mol. The Morgan fingerprint density at radius 3 is 2.52 bits per heavy atom. The summed E-state index contributed by atoms with van der Waals surface area (Å²) in [6.07, 6.45) is 0.911. The molecular weight excluding hydrogens is 632 g/mol. The summed E-state index contributed by atoms with van der Waals surface area (Å²) in [5.41, 5.74) is 2.98. The fourth-order valence-corrected chi connectivity index (χ4v) is 6.62. The highest BCUT2D eigenvalue weighted by Gasteiger charge is 2.29. The summed E-state index contributed by atoms with van der Waals surface area (Å²) >= 11 is 1.28. The first-order chi connectivity index (χ1) is 23.0. The van der Waals surface area contributed by atoms with Gasteiger partial charge in [-0.05, 0) is 44.7 Å². The van der Waals surface area contributed by atoms with E-state index in [4.69, 9.17) is 4.42 Å². The van der Waals surface area contributed by atoms with Gasteiger partial charge in [0.25, 0.3) is 11.8 Å². The van der Waals surface area contributed by atoms with Gasteiger partial charge in [-0.2, -0.15) is 5.10 Å². The third-order valence-electron chi connectivity index (χ3n) is 8.16. The minimum absolute atomic E-state index is 0.0442. The fraction of sp³-hybridized carbons (Fsp3) is 0.441. The number of benzene rings is 1. The maximum Gasteiger partial charge on any atom is 0.274 e. The minimum atomic E-state index is -0.632. The van der Waals surface area contributed by atoms with Gasteiger partial charge in [0, 0.05) is 43.5 Å². The smallest absolute Gasteiger partial charge is 0.274 e. The second-order valence-electron chi connectivity index (χ2n) is 12.4. The zero-order valence-electron chi connectivity index (χ0n) is 27.9. The molecule has 2 atom stereocenters. The summed E-state index contributed by atoms with van der Waals surface area (Å²) in [6.45, 7) is 10.1.